The number of nitrogens with zero attached hydrogens (tertiary/aromatic N) is 2. The molecule has 0 fully saturated rings. The van der Waals surface area contributed by atoms with Gasteiger partial charge in [-0.3, -0.25) is 0 Å². The highest BCUT2D eigenvalue weighted by molar-refractivity contribution is 6.10. The topological polar surface area (TPSA) is 8.17 Å². The molecule has 0 atom stereocenters. The first-order valence-corrected chi connectivity index (χ1v) is 20.0. The molecule has 1 heterocycles. The number of anilines is 3. The van der Waals surface area contributed by atoms with Crippen LogP contribution in [-0.2, 0) is 0 Å². The number of para-hydroxylation sites is 2. The van der Waals surface area contributed by atoms with Gasteiger partial charge in [-0.05, 0) is 130 Å². The predicted octanol–water partition coefficient (Wildman–Crippen LogP) is 16.0. The molecule has 0 saturated heterocycles. The number of rotatable bonds is 11. The maximum absolute atomic E-state index is 4.26. The lowest BCUT2D eigenvalue weighted by Crippen LogP contribution is -2.10. The lowest BCUT2D eigenvalue weighted by atomic mass is 9.95. The molecule has 9 aromatic rings. The van der Waals surface area contributed by atoms with Crippen molar-refractivity contribution in [1.29, 1.82) is 0 Å². The SMILES string of the molecule is C=C/C=C(\C=C)c1cc(-c2ccccc2)cc(N(c2ccc(-c3ccc4c(c3)c3ccccc3n4-c3ccccc3)cc2)c2ccc(-c3ccccc3C(=C)C)cc2)c1. The molecule has 0 aliphatic heterocycles. The summed E-state index contributed by atoms with van der Waals surface area (Å²) >= 11 is 0. The van der Waals surface area contributed by atoms with E-state index in [9.17, 15) is 0 Å². The number of hydrogen-bond donors (Lipinski definition) is 0. The zero-order valence-corrected chi connectivity index (χ0v) is 33.2. The van der Waals surface area contributed by atoms with E-state index in [1.54, 1.807) is 0 Å². The minimum Gasteiger partial charge on any atom is -0.310 e. The summed E-state index contributed by atoms with van der Waals surface area (Å²) in [5, 5.41) is 2.47. The Hall–Kier alpha value is -7.68. The van der Waals surface area contributed by atoms with Crippen LogP contribution in [0, 0.1) is 0 Å². The summed E-state index contributed by atoms with van der Waals surface area (Å²) in [7, 11) is 0. The molecule has 9 rings (SSSR count). The van der Waals surface area contributed by atoms with Crippen LogP contribution >= 0.6 is 0 Å². The molecule has 0 bridgehead atoms. The Morgan fingerprint density at radius 1 is 0.492 bits per heavy atom. The smallest absolute Gasteiger partial charge is 0.0541 e. The fourth-order valence-corrected chi connectivity index (χ4v) is 8.27. The highest BCUT2D eigenvalue weighted by Gasteiger charge is 2.18. The first kappa shape index (κ1) is 36.9. The first-order chi connectivity index (χ1) is 29.0. The molecule has 282 valence electrons. The third kappa shape index (κ3) is 7.14. The lowest BCUT2D eigenvalue weighted by Gasteiger charge is -2.27. The summed E-state index contributed by atoms with van der Waals surface area (Å²) in [5.41, 5.74) is 17.9. The van der Waals surface area contributed by atoms with Gasteiger partial charge in [-0.1, -0.05) is 165 Å². The Labute approximate surface area is 347 Å². The quantitative estimate of drug-likeness (QED) is 0.119. The van der Waals surface area contributed by atoms with Crippen LogP contribution in [0.1, 0.15) is 18.1 Å². The van der Waals surface area contributed by atoms with Gasteiger partial charge in [-0.2, -0.15) is 0 Å². The normalized spacial score (nSPS) is 11.4. The van der Waals surface area contributed by atoms with E-state index < -0.39 is 0 Å². The molecule has 2 nitrogen and oxygen atoms in total. The van der Waals surface area contributed by atoms with Gasteiger partial charge in [-0.15, -0.1) is 0 Å². The second-order valence-corrected chi connectivity index (χ2v) is 14.9. The van der Waals surface area contributed by atoms with E-state index in [2.05, 4.69) is 230 Å². The van der Waals surface area contributed by atoms with Gasteiger partial charge in [0.2, 0.25) is 0 Å². The lowest BCUT2D eigenvalue weighted by molar-refractivity contribution is 1.18. The largest absolute Gasteiger partial charge is 0.310 e. The summed E-state index contributed by atoms with van der Waals surface area (Å²) in [5.74, 6) is 0. The first-order valence-electron chi connectivity index (χ1n) is 20.0. The molecule has 0 radical (unpaired) electrons. The van der Waals surface area contributed by atoms with Crippen molar-refractivity contribution in [2.75, 3.05) is 4.90 Å². The van der Waals surface area contributed by atoms with Gasteiger partial charge in [0.15, 0.2) is 0 Å². The predicted molar refractivity (Wildman–Crippen MR) is 255 cm³/mol. The fourth-order valence-electron chi connectivity index (χ4n) is 8.27. The van der Waals surface area contributed by atoms with Crippen molar-refractivity contribution in [3.8, 4) is 39.1 Å². The third-order valence-electron chi connectivity index (χ3n) is 11.1. The van der Waals surface area contributed by atoms with Crippen molar-refractivity contribution >= 4 is 50.0 Å². The molecule has 1 aromatic heterocycles. The van der Waals surface area contributed by atoms with Crippen molar-refractivity contribution < 1.29 is 0 Å². The minimum atomic E-state index is 1.00. The Kier molecular flexibility index (Phi) is 10.0. The Bertz CT molecular complexity index is 3020. The maximum atomic E-state index is 4.26. The zero-order chi connectivity index (χ0) is 40.3. The van der Waals surface area contributed by atoms with Crippen LogP contribution in [0.3, 0.4) is 0 Å². The second kappa shape index (κ2) is 16.1. The van der Waals surface area contributed by atoms with Crippen molar-refractivity contribution in [2.24, 2.45) is 0 Å². The maximum Gasteiger partial charge on any atom is 0.0541 e. The average Bonchev–Trinajstić information content (AvgIpc) is 3.63. The van der Waals surface area contributed by atoms with Gasteiger partial charge < -0.3 is 9.47 Å². The summed E-state index contributed by atoms with van der Waals surface area (Å²) in [6.45, 7) is 14.5. The number of hydrogen-bond acceptors (Lipinski definition) is 1. The summed E-state index contributed by atoms with van der Waals surface area (Å²) < 4.78 is 2.36. The van der Waals surface area contributed by atoms with Crippen LogP contribution in [0.15, 0.2) is 232 Å². The van der Waals surface area contributed by atoms with Gasteiger partial charge in [-0.25, -0.2) is 0 Å². The van der Waals surface area contributed by atoms with Gasteiger partial charge in [0.25, 0.3) is 0 Å². The fraction of sp³-hybridized carbons (Fsp3) is 0.0175. The van der Waals surface area contributed by atoms with E-state index in [-0.39, 0.29) is 0 Å². The van der Waals surface area contributed by atoms with Crippen molar-refractivity contribution in [3.05, 3.63) is 243 Å². The Morgan fingerprint density at radius 2 is 1.08 bits per heavy atom. The number of aromatic nitrogens is 1. The summed E-state index contributed by atoms with van der Waals surface area (Å²) in [6, 6.07) is 69.8. The monoisotopic (exact) mass is 756 g/mol. The van der Waals surface area contributed by atoms with Gasteiger partial charge in [0.1, 0.15) is 0 Å². The van der Waals surface area contributed by atoms with Crippen molar-refractivity contribution in [3.63, 3.8) is 0 Å². The minimum absolute atomic E-state index is 1.00. The third-order valence-corrected chi connectivity index (χ3v) is 11.1. The Balaban J connectivity index is 1.18. The second-order valence-electron chi connectivity index (χ2n) is 14.9. The number of benzene rings is 8. The van der Waals surface area contributed by atoms with Gasteiger partial charge in [0.05, 0.1) is 11.0 Å². The van der Waals surface area contributed by atoms with Crippen LogP contribution in [0.5, 0.6) is 0 Å². The molecule has 0 aliphatic carbocycles. The molecule has 59 heavy (non-hydrogen) atoms. The molecule has 8 aromatic carbocycles. The van der Waals surface area contributed by atoms with Gasteiger partial charge >= 0.3 is 0 Å². The highest BCUT2D eigenvalue weighted by Crippen LogP contribution is 2.41. The molecule has 2 heteroatoms. The number of fused-ring (bicyclic) bond motifs is 3. The van der Waals surface area contributed by atoms with Crippen LogP contribution in [0.25, 0.3) is 72.0 Å². The van der Waals surface area contributed by atoms with E-state index in [0.29, 0.717) is 0 Å². The van der Waals surface area contributed by atoms with E-state index >= 15 is 0 Å². The molecule has 0 aliphatic rings. The van der Waals surface area contributed by atoms with E-state index in [1.807, 2.05) is 18.2 Å². The van der Waals surface area contributed by atoms with Crippen LogP contribution in [0.4, 0.5) is 17.1 Å². The van der Waals surface area contributed by atoms with E-state index in [1.165, 1.54) is 32.9 Å². The molecular weight excluding hydrogens is 713 g/mol. The molecule has 0 N–H and O–H groups in total. The van der Waals surface area contributed by atoms with Crippen LogP contribution in [0.2, 0.25) is 0 Å². The molecule has 0 unspecified atom stereocenters. The Morgan fingerprint density at radius 3 is 1.78 bits per heavy atom. The standard InChI is InChI=1S/C57H44N2/c1-5-17-41(6-2)46-36-47(42-18-9-7-10-19-42)38-51(37-46)58(50-33-28-44(29-34-50)53-23-14-13-22-52(53)40(3)4)49-31-26-43(27-32-49)45-30-35-57-55(39-45)54-24-15-16-25-56(54)59(57)48-20-11-8-12-21-48/h5-39H,1-3H2,4H3/b41-17+. The molecule has 0 saturated carbocycles. The summed E-state index contributed by atoms with van der Waals surface area (Å²) in [4.78, 5) is 2.35. The van der Waals surface area contributed by atoms with Crippen molar-refractivity contribution in [1.82, 2.24) is 4.57 Å². The zero-order valence-electron chi connectivity index (χ0n) is 33.2. The van der Waals surface area contributed by atoms with E-state index in [4.69, 9.17) is 0 Å². The van der Waals surface area contributed by atoms with Crippen LogP contribution < -0.4 is 4.90 Å². The number of allylic oxidation sites excluding steroid dienone is 5. The highest BCUT2D eigenvalue weighted by atomic mass is 15.1. The molecular formula is C57H44N2. The van der Waals surface area contributed by atoms with Gasteiger partial charge in [0, 0.05) is 33.5 Å². The molecule has 0 amide bonds. The average molecular weight is 757 g/mol. The van der Waals surface area contributed by atoms with E-state index in [0.717, 1.165) is 67.3 Å². The molecule has 0 spiro atoms. The van der Waals surface area contributed by atoms with Crippen molar-refractivity contribution in [2.45, 2.75) is 6.92 Å². The van der Waals surface area contributed by atoms with Crippen LogP contribution in [-0.4, -0.2) is 4.57 Å². The summed E-state index contributed by atoms with van der Waals surface area (Å²) in [6.07, 6.45) is 5.74.